The summed E-state index contributed by atoms with van der Waals surface area (Å²) >= 11 is 0. The third kappa shape index (κ3) is 6.15. The fourth-order valence-corrected chi connectivity index (χ4v) is 3.37. The van der Waals surface area contributed by atoms with Crippen LogP contribution in [0, 0.1) is 12.7 Å². The molecule has 0 fully saturated rings. The summed E-state index contributed by atoms with van der Waals surface area (Å²) in [5.41, 5.74) is 2.66. The van der Waals surface area contributed by atoms with Crippen LogP contribution < -0.4 is 15.4 Å². The fourth-order valence-electron chi connectivity index (χ4n) is 3.37. The number of hydrogen-bond acceptors (Lipinski definition) is 3. The molecular formula is C25H25FN2O3. The largest absolute Gasteiger partial charge is 0.495 e. The Balaban J connectivity index is 1.76. The first-order chi connectivity index (χ1) is 15.0. The first-order valence-electron chi connectivity index (χ1n) is 10.00. The van der Waals surface area contributed by atoms with E-state index in [9.17, 15) is 14.0 Å². The van der Waals surface area contributed by atoms with Gasteiger partial charge in [0.2, 0.25) is 5.91 Å². The van der Waals surface area contributed by atoms with Crippen LogP contribution >= 0.6 is 0 Å². The van der Waals surface area contributed by atoms with Gasteiger partial charge in [-0.3, -0.25) is 9.59 Å². The molecule has 2 N–H and O–H groups in total. The lowest BCUT2D eigenvalue weighted by molar-refractivity contribution is -0.116. The molecule has 160 valence electrons. The minimum absolute atomic E-state index is 0.0200. The van der Waals surface area contributed by atoms with Crippen LogP contribution in [0.5, 0.6) is 5.75 Å². The summed E-state index contributed by atoms with van der Waals surface area (Å²) in [4.78, 5) is 25.6. The number of nitrogens with one attached hydrogen (secondary N) is 2. The second-order valence-electron chi connectivity index (χ2n) is 7.27. The van der Waals surface area contributed by atoms with Crippen LogP contribution in [0.25, 0.3) is 0 Å². The Morgan fingerprint density at radius 1 is 1.00 bits per heavy atom. The quantitative estimate of drug-likeness (QED) is 0.563. The predicted octanol–water partition coefficient (Wildman–Crippen LogP) is 4.51. The second-order valence-corrected chi connectivity index (χ2v) is 7.27. The van der Waals surface area contributed by atoms with E-state index in [1.165, 1.54) is 25.3 Å². The van der Waals surface area contributed by atoms with Gasteiger partial charge in [-0.15, -0.1) is 0 Å². The Morgan fingerprint density at radius 3 is 2.42 bits per heavy atom. The SMILES string of the molecule is COc1ccc(F)cc1NC(=O)CC(Cc1ccccc1)NC(=O)c1ccccc1C. The van der Waals surface area contributed by atoms with Crippen molar-refractivity contribution in [1.82, 2.24) is 5.32 Å². The molecule has 31 heavy (non-hydrogen) atoms. The van der Waals surface area contributed by atoms with Gasteiger partial charge in [-0.2, -0.15) is 0 Å². The first-order valence-corrected chi connectivity index (χ1v) is 10.00. The zero-order chi connectivity index (χ0) is 22.2. The number of halogens is 1. The maximum atomic E-state index is 13.6. The van der Waals surface area contributed by atoms with Crippen molar-refractivity contribution in [3.8, 4) is 5.75 Å². The van der Waals surface area contributed by atoms with Gasteiger partial charge in [-0.1, -0.05) is 48.5 Å². The molecule has 0 aliphatic rings. The molecule has 3 aromatic rings. The molecule has 0 aliphatic carbocycles. The highest BCUT2D eigenvalue weighted by Gasteiger charge is 2.20. The Hall–Kier alpha value is -3.67. The summed E-state index contributed by atoms with van der Waals surface area (Å²) in [6.07, 6.45) is 0.498. The molecule has 0 aliphatic heterocycles. The van der Waals surface area contributed by atoms with E-state index in [0.29, 0.717) is 17.7 Å². The van der Waals surface area contributed by atoms with E-state index in [1.54, 1.807) is 12.1 Å². The standard InChI is InChI=1S/C25H25FN2O3/c1-17-8-6-7-11-21(17)25(30)27-20(14-18-9-4-3-5-10-18)16-24(29)28-22-15-19(26)12-13-23(22)31-2/h3-13,15,20H,14,16H2,1-2H3,(H,27,30)(H,28,29). The third-order valence-electron chi connectivity index (χ3n) is 4.92. The van der Waals surface area contributed by atoms with E-state index in [-0.39, 0.29) is 23.9 Å². The molecular weight excluding hydrogens is 395 g/mol. The summed E-state index contributed by atoms with van der Waals surface area (Å²) in [5.74, 6) is -0.715. The lowest BCUT2D eigenvalue weighted by Crippen LogP contribution is -2.39. The van der Waals surface area contributed by atoms with Crippen molar-refractivity contribution in [2.45, 2.75) is 25.8 Å². The highest BCUT2D eigenvalue weighted by Crippen LogP contribution is 2.25. The van der Waals surface area contributed by atoms with E-state index < -0.39 is 11.9 Å². The van der Waals surface area contributed by atoms with Crippen molar-refractivity contribution in [1.29, 1.82) is 0 Å². The molecule has 6 heteroatoms. The molecule has 3 aromatic carbocycles. The molecule has 2 amide bonds. The average Bonchev–Trinajstić information content (AvgIpc) is 2.74. The summed E-state index contributed by atoms with van der Waals surface area (Å²) < 4.78 is 18.8. The van der Waals surface area contributed by atoms with E-state index in [0.717, 1.165) is 11.1 Å². The molecule has 0 heterocycles. The molecule has 0 aromatic heterocycles. The number of benzene rings is 3. The predicted molar refractivity (Wildman–Crippen MR) is 119 cm³/mol. The average molecular weight is 420 g/mol. The van der Waals surface area contributed by atoms with Gasteiger partial charge in [0.1, 0.15) is 11.6 Å². The van der Waals surface area contributed by atoms with Gasteiger partial charge in [0, 0.05) is 24.1 Å². The summed E-state index contributed by atoms with van der Waals surface area (Å²) in [7, 11) is 1.45. The molecule has 1 unspecified atom stereocenters. The van der Waals surface area contributed by atoms with Crippen molar-refractivity contribution in [2.75, 3.05) is 12.4 Å². The van der Waals surface area contributed by atoms with E-state index in [2.05, 4.69) is 10.6 Å². The van der Waals surface area contributed by atoms with Crippen molar-refractivity contribution in [3.05, 3.63) is 95.3 Å². The van der Waals surface area contributed by atoms with Crippen molar-refractivity contribution < 1.29 is 18.7 Å². The maximum Gasteiger partial charge on any atom is 0.251 e. The third-order valence-corrected chi connectivity index (χ3v) is 4.92. The van der Waals surface area contributed by atoms with Crippen LogP contribution in [0.2, 0.25) is 0 Å². The lowest BCUT2D eigenvalue weighted by atomic mass is 10.0. The number of aryl methyl sites for hydroxylation is 1. The van der Waals surface area contributed by atoms with Crippen LogP contribution in [0.3, 0.4) is 0 Å². The topological polar surface area (TPSA) is 67.4 Å². The van der Waals surface area contributed by atoms with E-state index in [1.807, 2.05) is 49.4 Å². The van der Waals surface area contributed by atoms with Gasteiger partial charge in [-0.25, -0.2) is 4.39 Å². The first kappa shape index (κ1) is 22.0. The number of hydrogen-bond donors (Lipinski definition) is 2. The molecule has 5 nitrogen and oxygen atoms in total. The molecule has 3 rings (SSSR count). The molecule has 0 bridgehead atoms. The van der Waals surface area contributed by atoms with Crippen LogP contribution in [-0.4, -0.2) is 25.0 Å². The van der Waals surface area contributed by atoms with Gasteiger partial charge >= 0.3 is 0 Å². The zero-order valence-corrected chi connectivity index (χ0v) is 17.5. The number of anilines is 1. The number of methoxy groups -OCH3 is 1. The van der Waals surface area contributed by atoms with Gasteiger partial charge in [0.25, 0.3) is 5.91 Å². The molecule has 0 saturated heterocycles. The maximum absolute atomic E-state index is 13.6. The Morgan fingerprint density at radius 2 is 1.71 bits per heavy atom. The smallest absolute Gasteiger partial charge is 0.251 e. The van der Waals surface area contributed by atoms with E-state index >= 15 is 0 Å². The Bertz CT molecular complexity index is 1050. The van der Waals surface area contributed by atoms with Crippen LogP contribution in [0.15, 0.2) is 72.8 Å². The highest BCUT2D eigenvalue weighted by molar-refractivity contribution is 5.97. The van der Waals surface area contributed by atoms with Crippen molar-refractivity contribution in [2.24, 2.45) is 0 Å². The zero-order valence-electron chi connectivity index (χ0n) is 17.5. The minimum Gasteiger partial charge on any atom is -0.495 e. The summed E-state index contributed by atoms with van der Waals surface area (Å²) in [6.45, 7) is 1.87. The van der Waals surface area contributed by atoms with Crippen molar-refractivity contribution in [3.63, 3.8) is 0 Å². The van der Waals surface area contributed by atoms with Crippen molar-refractivity contribution >= 4 is 17.5 Å². The number of rotatable bonds is 8. The van der Waals surface area contributed by atoms with Crippen LogP contribution in [0.1, 0.15) is 27.9 Å². The van der Waals surface area contributed by atoms with Gasteiger partial charge < -0.3 is 15.4 Å². The van der Waals surface area contributed by atoms with E-state index in [4.69, 9.17) is 4.74 Å². The molecule has 0 spiro atoms. The van der Waals surface area contributed by atoms with Gasteiger partial charge in [0.15, 0.2) is 0 Å². The fraction of sp³-hybridized carbons (Fsp3) is 0.200. The molecule has 1 atom stereocenters. The summed E-state index contributed by atoms with van der Waals surface area (Å²) in [5, 5.41) is 5.66. The lowest BCUT2D eigenvalue weighted by Gasteiger charge is -2.20. The summed E-state index contributed by atoms with van der Waals surface area (Å²) in [6, 6.07) is 20.4. The van der Waals surface area contributed by atoms with Crippen LogP contribution in [-0.2, 0) is 11.2 Å². The Kier molecular flexibility index (Phi) is 7.38. The number of ether oxygens (including phenoxy) is 1. The highest BCUT2D eigenvalue weighted by atomic mass is 19.1. The molecule has 0 radical (unpaired) electrons. The number of amides is 2. The van der Waals surface area contributed by atoms with Gasteiger partial charge in [-0.05, 0) is 42.7 Å². The Labute approximate surface area is 181 Å². The number of carbonyl (C=O) groups is 2. The van der Waals surface area contributed by atoms with Crippen LogP contribution in [0.4, 0.5) is 10.1 Å². The number of carbonyl (C=O) groups excluding carboxylic acids is 2. The molecule has 0 saturated carbocycles. The monoisotopic (exact) mass is 420 g/mol. The second kappa shape index (κ2) is 10.4. The van der Waals surface area contributed by atoms with Gasteiger partial charge in [0.05, 0.1) is 12.8 Å². The normalized spacial score (nSPS) is 11.5. The minimum atomic E-state index is -0.482.